The van der Waals surface area contributed by atoms with Gasteiger partial charge in [0.25, 0.3) is 5.91 Å². The van der Waals surface area contributed by atoms with E-state index in [1.54, 1.807) is 5.48 Å². The molecule has 1 fully saturated rings. The summed E-state index contributed by atoms with van der Waals surface area (Å²) in [4.78, 5) is 24.1. The third-order valence-electron chi connectivity index (χ3n) is 5.67. The summed E-state index contributed by atoms with van der Waals surface area (Å²) in [5, 5.41) is 12.3. The predicted octanol–water partition coefficient (Wildman–Crippen LogP) is 2.49. The molecule has 1 aromatic carbocycles. The maximum absolute atomic E-state index is 11.4. The summed E-state index contributed by atoms with van der Waals surface area (Å²) in [5.74, 6) is 0.612. The largest absolute Gasteiger partial charge is 0.351 e. The van der Waals surface area contributed by atoms with E-state index in [1.807, 2.05) is 13.2 Å². The van der Waals surface area contributed by atoms with Crippen molar-refractivity contribution < 1.29 is 10.0 Å². The summed E-state index contributed by atoms with van der Waals surface area (Å²) in [6.07, 6.45) is 6.81. The van der Waals surface area contributed by atoms with Crippen molar-refractivity contribution in [2.24, 2.45) is 5.92 Å². The lowest BCUT2D eigenvalue weighted by molar-refractivity contribution is 0.0705. The van der Waals surface area contributed by atoms with Gasteiger partial charge in [0.1, 0.15) is 0 Å². The minimum absolute atomic E-state index is 0.234. The molecule has 1 aromatic heterocycles. The SMILES string of the molecule is C=CN(C)c1cccc(C)c1CNCC1CCN(c2ncc(C(=O)NO)cn2)CC1. The van der Waals surface area contributed by atoms with E-state index < -0.39 is 5.91 Å². The number of nitrogens with zero attached hydrogens (tertiary/aromatic N) is 4. The van der Waals surface area contributed by atoms with Crippen LogP contribution in [0, 0.1) is 12.8 Å². The molecule has 2 aromatic rings. The van der Waals surface area contributed by atoms with Gasteiger partial charge in [0.05, 0.1) is 5.56 Å². The van der Waals surface area contributed by atoms with Gasteiger partial charge in [-0.2, -0.15) is 0 Å². The van der Waals surface area contributed by atoms with Gasteiger partial charge >= 0.3 is 0 Å². The summed E-state index contributed by atoms with van der Waals surface area (Å²) in [6.45, 7) is 9.58. The molecule has 0 unspecified atom stereocenters. The molecule has 0 saturated carbocycles. The molecule has 8 nitrogen and oxygen atoms in total. The summed E-state index contributed by atoms with van der Waals surface area (Å²) in [7, 11) is 2.02. The molecule has 160 valence electrons. The van der Waals surface area contributed by atoms with Crippen molar-refractivity contribution in [2.75, 3.05) is 36.5 Å². The van der Waals surface area contributed by atoms with Crippen LogP contribution in [0.5, 0.6) is 0 Å². The number of carbonyl (C=O) groups is 1. The summed E-state index contributed by atoms with van der Waals surface area (Å²) < 4.78 is 0. The van der Waals surface area contributed by atoms with Crippen molar-refractivity contribution in [1.82, 2.24) is 20.8 Å². The van der Waals surface area contributed by atoms with E-state index in [4.69, 9.17) is 5.21 Å². The smallest absolute Gasteiger partial charge is 0.277 e. The number of aromatic nitrogens is 2. The molecule has 30 heavy (non-hydrogen) atoms. The summed E-state index contributed by atoms with van der Waals surface area (Å²) in [6, 6.07) is 6.35. The highest BCUT2D eigenvalue weighted by Gasteiger charge is 2.21. The van der Waals surface area contributed by atoms with E-state index in [0.717, 1.165) is 39.0 Å². The predicted molar refractivity (Wildman–Crippen MR) is 118 cm³/mol. The van der Waals surface area contributed by atoms with Crippen LogP contribution in [0.3, 0.4) is 0 Å². The molecule has 1 aliphatic heterocycles. The van der Waals surface area contributed by atoms with Crippen molar-refractivity contribution in [2.45, 2.75) is 26.3 Å². The van der Waals surface area contributed by atoms with Crippen LogP contribution in [0.4, 0.5) is 11.6 Å². The molecule has 0 bridgehead atoms. The Bertz CT molecular complexity index is 862. The zero-order valence-corrected chi connectivity index (χ0v) is 17.6. The average Bonchev–Trinajstić information content (AvgIpc) is 2.79. The number of rotatable bonds is 8. The van der Waals surface area contributed by atoms with Gasteiger partial charge in [-0.25, -0.2) is 15.4 Å². The van der Waals surface area contributed by atoms with E-state index in [0.29, 0.717) is 11.9 Å². The Hall–Kier alpha value is -2.97. The Balaban J connectivity index is 1.49. The Morgan fingerprint density at radius 2 is 2.03 bits per heavy atom. The van der Waals surface area contributed by atoms with Gasteiger partial charge in [0, 0.05) is 44.8 Å². The van der Waals surface area contributed by atoms with Crippen molar-refractivity contribution in [3.8, 4) is 0 Å². The number of nitrogens with one attached hydrogen (secondary N) is 2. The van der Waals surface area contributed by atoms with Gasteiger partial charge in [-0.05, 0) is 55.6 Å². The van der Waals surface area contributed by atoms with Crippen LogP contribution in [0.15, 0.2) is 43.4 Å². The second-order valence-electron chi connectivity index (χ2n) is 7.64. The fraction of sp³-hybridized carbons (Fsp3) is 0.409. The van der Waals surface area contributed by atoms with Gasteiger partial charge < -0.3 is 15.1 Å². The van der Waals surface area contributed by atoms with Crippen LogP contribution < -0.4 is 20.6 Å². The fourth-order valence-corrected chi connectivity index (χ4v) is 3.75. The Morgan fingerprint density at radius 3 is 2.67 bits per heavy atom. The molecular weight excluding hydrogens is 380 g/mol. The highest BCUT2D eigenvalue weighted by atomic mass is 16.5. The number of anilines is 2. The van der Waals surface area contributed by atoms with Gasteiger partial charge in [-0.15, -0.1) is 0 Å². The maximum Gasteiger partial charge on any atom is 0.277 e. The van der Waals surface area contributed by atoms with Crippen molar-refractivity contribution in [1.29, 1.82) is 0 Å². The molecule has 2 heterocycles. The molecule has 0 radical (unpaired) electrons. The maximum atomic E-state index is 11.4. The normalized spacial score (nSPS) is 14.4. The third kappa shape index (κ3) is 5.14. The van der Waals surface area contributed by atoms with E-state index in [2.05, 4.69) is 56.8 Å². The van der Waals surface area contributed by atoms with Crippen LogP contribution in [0.25, 0.3) is 0 Å². The number of hydrogen-bond acceptors (Lipinski definition) is 7. The molecule has 0 spiro atoms. The van der Waals surface area contributed by atoms with Crippen LogP contribution in [0.2, 0.25) is 0 Å². The number of hydrogen-bond donors (Lipinski definition) is 3. The topological polar surface area (TPSA) is 93.6 Å². The lowest BCUT2D eigenvalue weighted by Gasteiger charge is -2.32. The van der Waals surface area contributed by atoms with Gasteiger partial charge in [-0.1, -0.05) is 18.7 Å². The van der Waals surface area contributed by atoms with Crippen LogP contribution in [0.1, 0.15) is 34.3 Å². The molecule has 0 atom stereocenters. The minimum Gasteiger partial charge on any atom is -0.351 e. The molecule has 1 aliphatic rings. The standard InChI is InChI=1S/C22H30N6O2/c1-4-27(3)20-7-5-6-16(2)19(20)15-23-12-17-8-10-28(11-9-17)22-24-13-18(14-25-22)21(29)26-30/h4-7,13-14,17,23,30H,1,8-12,15H2,2-3H3,(H,26,29). The van der Waals surface area contributed by atoms with Crippen molar-refractivity contribution in [3.63, 3.8) is 0 Å². The van der Waals surface area contributed by atoms with Crippen LogP contribution >= 0.6 is 0 Å². The minimum atomic E-state index is -0.609. The first-order chi connectivity index (χ1) is 14.5. The number of amides is 1. The van der Waals surface area contributed by atoms with Gasteiger partial charge in [0.15, 0.2) is 0 Å². The monoisotopic (exact) mass is 410 g/mol. The molecule has 0 aliphatic carbocycles. The zero-order valence-electron chi connectivity index (χ0n) is 17.6. The lowest BCUT2D eigenvalue weighted by Crippen LogP contribution is -2.38. The molecule has 1 amide bonds. The second-order valence-corrected chi connectivity index (χ2v) is 7.64. The third-order valence-corrected chi connectivity index (χ3v) is 5.67. The number of hydroxylamine groups is 1. The Labute approximate surface area is 177 Å². The first-order valence-corrected chi connectivity index (χ1v) is 10.2. The average molecular weight is 411 g/mol. The lowest BCUT2D eigenvalue weighted by atomic mass is 9.96. The first-order valence-electron chi connectivity index (χ1n) is 10.2. The van der Waals surface area contributed by atoms with Crippen molar-refractivity contribution >= 4 is 17.5 Å². The number of benzene rings is 1. The van der Waals surface area contributed by atoms with Gasteiger partial charge in [0.2, 0.25) is 5.95 Å². The highest BCUT2D eigenvalue weighted by Crippen LogP contribution is 2.24. The van der Waals surface area contributed by atoms with Gasteiger partial charge in [-0.3, -0.25) is 10.0 Å². The quantitative estimate of drug-likeness (QED) is 0.455. The molecule has 3 N–H and O–H groups in total. The Kier molecular flexibility index (Phi) is 7.37. The van der Waals surface area contributed by atoms with E-state index in [-0.39, 0.29) is 5.56 Å². The number of aryl methyl sites for hydroxylation is 1. The van der Waals surface area contributed by atoms with E-state index in [1.165, 1.54) is 29.2 Å². The molecule has 3 rings (SSSR count). The number of piperidine rings is 1. The molecule has 8 heteroatoms. The molecular formula is C22H30N6O2. The van der Waals surface area contributed by atoms with E-state index in [9.17, 15) is 4.79 Å². The Morgan fingerprint density at radius 1 is 1.33 bits per heavy atom. The number of carbonyl (C=O) groups excluding carboxylic acids is 1. The summed E-state index contributed by atoms with van der Waals surface area (Å²) in [5.41, 5.74) is 5.58. The van der Waals surface area contributed by atoms with Crippen LogP contribution in [-0.4, -0.2) is 47.8 Å². The van der Waals surface area contributed by atoms with Crippen LogP contribution in [-0.2, 0) is 6.54 Å². The second kappa shape index (κ2) is 10.2. The zero-order chi connectivity index (χ0) is 21.5. The highest BCUT2D eigenvalue weighted by molar-refractivity contribution is 5.92. The molecule has 1 saturated heterocycles. The first kappa shape index (κ1) is 21.7. The van der Waals surface area contributed by atoms with E-state index >= 15 is 0 Å². The fourth-order valence-electron chi connectivity index (χ4n) is 3.75. The summed E-state index contributed by atoms with van der Waals surface area (Å²) >= 11 is 0. The van der Waals surface area contributed by atoms with Crippen molar-refractivity contribution in [3.05, 3.63) is 60.1 Å².